The molecule has 1 atom stereocenters. The van der Waals surface area contributed by atoms with Crippen molar-refractivity contribution >= 4 is 31.9 Å². The van der Waals surface area contributed by atoms with Gasteiger partial charge in [-0.15, -0.1) is 0 Å². The van der Waals surface area contributed by atoms with Gasteiger partial charge in [0.2, 0.25) is 0 Å². The fourth-order valence-electron chi connectivity index (χ4n) is 0.983. The summed E-state index contributed by atoms with van der Waals surface area (Å²) in [5, 5.41) is 11.4. The van der Waals surface area contributed by atoms with Gasteiger partial charge in [0.05, 0.1) is 0 Å². The van der Waals surface area contributed by atoms with Crippen molar-refractivity contribution in [1.29, 1.82) is 0 Å². The fourth-order valence-corrected chi connectivity index (χ4v) is 2.28. The van der Waals surface area contributed by atoms with Crippen LogP contribution in [0.3, 0.4) is 0 Å². The molecule has 1 unspecified atom stereocenters. The highest BCUT2D eigenvalue weighted by Crippen LogP contribution is 2.28. The second kappa shape index (κ2) is 4.40. The first-order valence-corrected chi connectivity index (χ1v) is 5.34. The quantitative estimate of drug-likeness (QED) is 0.782. The van der Waals surface area contributed by atoms with Crippen LogP contribution in [0, 0.1) is 0 Å². The predicted octanol–water partition coefficient (Wildman–Crippen LogP) is 4.09. The van der Waals surface area contributed by atoms with Gasteiger partial charge >= 0.3 is 0 Å². The number of rotatable bonds is 2. The molecule has 1 aromatic carbocycles. The number of hydrogen-bond donors (Lipinski definition) is 0. The highest BCUT2D eigenvalue weighted by atomic mass is 79.9. The SMILES string of the molecule is CCC([O])c1ccc(Br)cc1Br. The standard InChI is InChI=1S/C9H9Br2O/c1-2-9(12)7-4-3-6(10)5-8(7)11/h3-5,9H,2H2,1H3. The van der Waals surface area contributed by atoms with Gasteiger partial charge in [-0.05, 0) is 24.1 Å². The van der Waals surface area contributed by atoms with Crippen LogP contribution in [-0.2, 0) is 5.11 Å². The molecular weight excluding hydrogens is 284 g/mol. The summed E-state index contributed by atoms with van der Waals surface area (Å²) >= 11 is 6.69. The van der Waals surface area contributed by atoms with Crippen molar-refractivity contribution in [2.24, 2.45) is 0 Å². The lowest BCUT2D eigenvalue weighted by atomic mass is 10.1. The summed E-state index contributed by atoms with van der Waals surface area (Å²) in [6.45, 7) is 1.89. The summed E-state index contributed by atoms with van der Waals surface area (Å²) in [6, 6.07) is 5.64. The van der Waals surface area contributed by atoms with Crippen molar-refractivity contribution in [3.63, 3.8) is 0 Å². The molecule has 0 aliphatic rings. The molecule has 1 nitrogen and oxygen atoms in total. The molecule has 65 valence electrons. The molecule has 0 fully saturated rings. The maximum Gasteiger partial charge on any atom is 0.119 e. The van der Waals surface area contributed by atoms with Gasteiger partial charge in [-0.3, -0.25) is 0 Å². The van der Waals surface area contributed by atoms with Crippen LogP contribution in [-0.4, -0.2) is 0 Å². The Morgan fingerprint density at radius 3 is 2.58 bits per heavy atom. The van der Waals surface area contributed by atoms with Crippen LogP contribution in [0.1, 0.15) is 25.0 Å². The summed E-state index contributed by atoms with van der Waals surface area (Å²) in [5.41, 5.74) is 0.834. The molecule has 0 saturated heterocycles. The molecule has 0 saturated carbocycles. The molecule has 1 aromatic rings. The fraction of sp³-hybridized carbons (Fsp3) is 0.333. The van der Waals surface area contributed by atoms with Crippen molar-refractivity contribution in [1.82, 2.24) is 0 Å². The molecule has 0 aliphatic heterocycles. The first kappa shape index (κ1) is 10.2. The molecule has 12 heavy (non-hydrogen) atoms. The largest absolute Gasteiger partial charge is 0.228 e. The molecule has 0 aliphatic carbocycles. The van der Waals surface area contributed by atoms with Crippen molar-refractivity contribution in [2.45, 2.75) is 19.4 Å². The van der Waals surface area contributed by atoms with E-state index < -0.39 is 6.10 Å². The van der Waals surface area contributed by atoms with E-state index >= 15 is 0 Å². The molecule has 0 amide bonds. The Hall–Kier alpha value is 0.140. The molecule has 0 spiro atoms. The third-order valence-electron chi connectivity index (χ3n) is 1.68. The van der Waals surface area contributed by atoms with Crippen molar-refractivity contribution in [2.75, 3.05) is 0 Å². The molecule has 1 radical (unpaired) electrons. The second-order valence-corrected chi connectivity index (χ2v) is 4.33. The Labute approximate surface area is 89.1 Å². The van der Waals surface area contributed by atoms with E-state index in [1.54, 1.807) is 0 Å². The van der Waals surface area contributed by atoms with E-state index in [0.717, 1.165) is 14.5 Å². The summed E-state index contributed by atoms with van der Waals surface area (Å²) in [4.78, 5) is 0. The molecule has 0 N–H and O–H groups in total. The van der Waals surface area contributed by atoms with Gasteiger partial charge in [0, 0.05) is 8.95 Å². The van der Waals surface area contributed by atoms with Gasteiger partial charge < -0.3 is 0 Å². The minimum atomic E-state index is -0.618. The monoisotopic (exact) mass is 291 g/mol. The summed E-state index contributed by atoms with van der Waals surface area (Å²) in [6.07, 6.45) is 0.00715. The Balaban J connectivity index is 3.01. The minimum absolute atomic E-state index is 0.618. The third kappa shape index (κ3) is 2.31. The molecule has 0 aromatic heterocycles. The lowest BCUT2D eigenvalue weighted by Gasteiger charge is -2.07. The third-order valence-corrected chi connectivity index (χ3v) is 2.86. The maximum absolute atomic E-state index is 11.4. The molecule has 1 rings (SSSR count). The highest BCUT2D eigenvalue weighted by molar-refractivity contribution is 9.11. The number of benzene rings is 1. The molecule has 3 heteroatoms. The number of halogens is 2. The van der Waals surface area contributed by atoms with Crippen LogP contribution in [0.25, 0.3) is 0 Å². The van der Waals surface area contributed by atoms with Gasteiger partial charge in [0.1, 0.15) is 6.10 Å². The summed E-state index contributed by atoms with van der Waals surface area (Å²) in [5.74, 6) is 0. The zero-order valence-corrected chi connectivity index (χ0v) is 9.85. The van der Waals surface area contributed by atoms with Crippen LogP contribution in [0.4, 0.5) is 0 Å². The van der Waals surface area contributed by atoms with Crippen LogP contribution in [0.15, 0.2) is 27.1 Å². The van der Waals surface area contributed by atoms with E-state index in [2.05, 4.69) is 31.9 Å². The zero-order valence-electron chi connectivity index (χ0n) is 6.68. The lowest BCUT2D eigenvalue weighted by Crippen LogP contribution is -1.94. The highest BCUT2D eigenvalue weighted by Gasteiger charge is 2.10. The van der Waals surface area contributed by atoms with Crippen LogP contribution < -0.4 is 0 Å². The average molecular weight is 293 g/mol. The predicted molar refractivity (Wildman–Crippen MR) is 55.6 cm³/mol. The average Bonchev–Trinajstić information content (AvgIpc) is 2.03. The minimum Gasteiger partial charge on any atom is -0.228 e. The van der Waals surface area contributed by atoms with E-state index in [9.17, 15) is 5.11 Å². The Bertz CT molecular complexity index is 273. The van der Waals surface area contributed by atoms with Crippen molar-refractivity contribution in [3.05, 3.63) is 32.7 Å². The first-order valence-electron chi connectivity index (χ1n) is 3.76. The Kier molecular flexibility index (Phi) is 3.75. The topological polar surface area (TPSA) is 19.9 Å². The van der Waals surface area contributed by atoms with E-state index in [-0.39, 0.29) is 0 Å². The first-order chi connectivity index (χ1) is 5.65. The van der Waals surface area contributed by atoms with Gasteiger partial charge in [0.25, 0.3) is 0 Å². The summed E-state index contributed by atoms with van der Waals surface area (Å²) < 4.78 is 1.88. The van der Waals surface area contributed by atoms with Gasteiger partial charge in [-0.25, -0.2) is 5.11 Å². The zero-order chi connectivity index (χ0) is 9.14. The van der Waals surface area contributed by atoms with Gasteiger partial charge in [0.15, 0.2) is 0 Å². The van der Waals surface area contributed by atoms with Gasteiger partial charge in [-0.2, -0.15) is 0 Å². The maximum atomic E-state index is 11.4. The van der Waals surface area contributed by atoms with Crippen molar-refractivity contribution in [3.8, 4) is 0 Å². The van der Waals surface area contributed by atoms with E-state index in [4.69, 9.17) is 0 Å². The Morgan fingerprint density at radius 1 is 1.42 bits per heavy atom. The Morgan fingerprint density at radius 2 is 2.08 bits per heavy atom. The van der Waals surface area contributed by atoms with E-state index in [0.29, 0.717) is 6.42 Å². The summed E-state index contributed by atoms with van der Waals surface area (Å²) in [7, 11) is 0. The molecule has 0 heterocycles. The van der Waals surface area contributed by atoms with Crippen LogP contribution in [0.5, 0.6) is 0 Å². The van der Waals surface area contributed by atoms with Gasteiger partial charge in [-0.1, -0.05) is 44.8 Å². The van der Waals surface area contributed by atoms with Crippen LogP contribution in [0.2, 0.25) is 0 Å². The smallest absolute Gasteiger partial charge is 0.119 e. The molecule has 0 bridgehead atoms. The lowest BCUT2D eigenvalue weighted by molar-refractivity contribution is 0.0851. The van der Waals surface area contributed by atoms with Crippen molar-refractivity contribution < 1.29 is 5.11 Å². The van der Waals surface area contributed by atoms with E-state index in [1.165, 1.54) is 0 Å². The van der Waals surface area contributed by atoms with E-state index in [1.807, 2.05) is 25.1 Å². The normalized spacial score (nSPS) is 13.0. The molecular formula is C9H9Br2O. The second-order valence-electron chi connectivity index (χ2n) is 2.56. The van der Waals surface area contributed by atoms with Crippen LogP contribution >= 0.6 is 31.9 Å². The number of hydrogen-bond acceptors (Lipinski definition) is 0.